The molecule has 0 heterocycles. The van der Waals surface area contributed by atoms with Crippen molar-refractivity contribution < 1.29 is 14.9 Å². The molecule has 0 aliphatic heterocycles. The Bertz CT molecular complexity index is 826. The van der Waals surface area contributed by atoms with Crippen LogP contribution in [0, 0.1) is 0 Å². The summed E-state index contributed by atoms with van der Waals surface area (Å²) in [5.41, 5.74) is 3.70. The van der Waals surface area contributed by atoms with Crippen LogP contribution in [0.5, 0.6) is 17.2 Å². The van der Waals surface area contributed by atoms with Gasteiger partial charge in [-0.2, -0.15) is 0 Å². The Balaban J connectivity index is 2.38. The number of methoxy groups -OCH3 is 1. The second-order valence-electron chi connectivity index (χ2n) is 8.63. The minimum Gasteiger partial charge on any atom is -0.507 e. The van der Waals surface area contributed by atoms with Crippen LogP contribution in [-0.2, 0) is 5.41 Å². The van der Waals surface area contributed by atoms with Gasteiger partial charge in [0.05, 0.1) is 12.7 Å². The van der Waals surface area contributed by atoms with E-state index >= 15 is 0 Å². The van der Waals surface area contributed by atoms with Gasteiger partial charge in [-0.25, -0.2) is 0 Å². The number of phenolic OH excluding ortho intramolecular Hbond substituents is 2. The lowest BCUT2D eigenvalue weighted by Crippen LogP contribution is -2.17. The summed E-state index contributed by atoms with van der Waals surface area (Å²) >= 11 is 0. The minimum atomic E-state index is -0.120. The molecule has 2 rings (SSSR count). The number of aromatic hydroxyl groups is 2. The van der Waals surface area contributed by atoms with E-state index < -0.39 is 0 Å². The minimum absolute atomic E-state index is 0.0785. The lowest BCUT2D eigenvalue weighted by Gasteiger charge is -2.27. The molecule has 0 unspecified atom stereocenters. The number of rotatable bonds is 10. The van der Waals surface area contributed by atoms with Crippen molar-refractivity contribution in [1.29, 1.82) is 0 Å². The maximum atomic E-state index is 10.9. The Hall–Kier alpha value is -2.42. The zero-order valence-electron chi connectivity index (χ0n) is 18.6. The predicted octanol–water partition coefficient (Wildman–Crippen LogP) is 7.44. The highest BCUT2D eigenvalue weighted by molar-refractivity contribution is 5.87. The first kappa shape index (κ1) is 22.9. The second kappa shape index (κ2) is 9.87. The molecule has 2 N–H and O–H groups in total. The maximum absolute atomic E-state index is 10.9. The van der Waals surface area contributed by atoms with Crippen molar-refractivity contribution in [2.24, 2.45) is 0 Å². The lowest BCUT2D eigenvalue weighted by atomic mass is 9.79. The van der Waals surface area contributed by atoms with E-state index in [2.05, 4.69) is 27.4 Å². The van der Waals surface area contributed by atoms with E-state index in [9.17, 15) is 10.2 Å². The van der Waals surface area contributed by atoms with Crippen molar-refractivity contribution in [3.63, 3.8) is 0 Å². The van der Waals surface area contributed by atoms with E-state index in [4.69, 9.17) is 4.74 Å². The van der Waals surface area contributed by atoms with Gasteiger partial charge in [0.2, 0.25) is 0 Å². The van der Waals surface area contributed by atoms with E-state index in [0.29, 0.717) is 11.3 Å². The Kier molecular flexibility index (Phi) is 7.78. The monoisotopic (exact) mass is 396 g/mol. The van der Waals surface area contributed by atoms with E-state index in [-0.39, 0.29) is 16.9 Å². The molecular weight excluding hydrogens is 360 g/mol. The molecule has 0 radical (unpaired) electrons. The molecule has 0 amide bonds. The van der Waals surface area contributed by atoms with Crippen LogP contribution in [0.1, 0.15) is 77.3 Å². The fourth-order valence-corrected chi connectivity index (χ4v) is 3.82. The Morgan fingerprint density at radius 3 is 2.17 bits per heavy atom. The third-order valence-corrected chi connectivity index (χ3v) is 5.74. The summed E-state index contributed by atoms with van der Waals surface area (Å²) in [5, 5.41) is 21.7. The summed E-state index contributed by atoms with van der Waals surface area (Å²) in [7, 11) is 1.60. The van der Waals surface area contributed by atoms with Crippen LogP contribution >= 0.6 is 0 Å². The molecule has 0 spiro atoms. The highest BCUT2D eigenvalue weighted by atomic mass is 16.5. The number of hydrogen-bond donors (Lipinski definition) is 2. The summed E-state index contributed by atoms with van der Waals surface area (Å²) in [6, 6.07) is 9.18. The number of ether oxygens (including phenoxy) is 1. The van der Waals surface area contributed by atoms with Crippen LogP contribution in [0.3, 0.4) is 0 Å². The van der Waals surface area contributed by atoms with Gasteiger partial charge >= 0.3 is 0 Å². The van der Waals surface area contributed by atoms with Crippen LogP contribution in [0.25, 0.3) is 16.7 Å². The summed E-state index contributed by atoms with van der Waals surface area (Å²) in [4.78, 5) is 0. The number of allylic oxidation sites excluding steroid dienone is 1. The van der Waals surface area contributed by atoms with Crippen molar-refractivity contribution >= 4 is 5.57 Å². The van der Waals surface area contributed by atoms with Crippen molar-refractivity contribution in [2.75, 3.05) is 7.11 Å². The maximum Gasteiger partial charge on any atom is 0.127 e. The average Bonchev–Trinajstić information content (AvgIpc) is 2.66. The fourth-order valence-electron chi connectivity index (χ4n) is 3.82. The van der Waals surface area contributed by atoms with Crippen molar-refractivity contribution in [2.45, 2.75) is 71.6 Å². The topological polar surface area (TPSA) is 49.7 Å². The summed E-state index contributed by atoms with van der Waals surface area (Å²) in [5.74, 6) is 0.824. The molecule has 29 heavy (non-hydrogen) atoms. The Morgan fingerprint density at radius 1 is 1.00 bits per heavy atom. The van der Waals surface area contributed by atoms with Gasteiger partial charge in [-0.3, -0.25) is 0 Å². The van der Waals surface area contributed by atoms with Crippen LogP contribution < -0.4 is 4.74 Å². The first-order valence-electron chi connectivity index (χ1n) is 10.6. The molecule has 0 fully saturated rings. The molecule has 0 atom stereocenters. The quantitative estimate of drug-likeness (QED) is 0.410. The molecule has 0 saturated carbocycles. The third kappa shape index (κ3) is 5.56. The largest absolute Gasteiger partial charge is 0.507 e. The Labute approximate surface area is 176 Å². The van der Waals surface area contributed by atoms with E-state index in [1.165, 1.54) is 25.7 Å². The fraction of sp³-hybridized carbons (Fsp3) is 0.462. The van der Waals surface area contributed by atoms with E-state index in [1.807, 2.05) is 25.1 Å². The molecule has 0 bridgehead atoms. The molecule has 3 heteroatoms. The average molecular weight is 397 g/mol. The zero-order chi connectivity index (χ0) is 21.6. The first-order valence-corrected chi connectivity index (χ1v) is 10.6. The van der Waals surface area contributed by atoms with Gasteiger partial charge in [0, 0.05) is 5.56 Å². The van der Waals surface area contributed by atoms with Gasteiger partial charge in [-0.15, -0.1) is 0 Å². The van der Waals surface area contributed by atoms with Crippen molar-refractivity contribution in [3.05, 3.63) is 48.0 Å². The van der Waals surface area contributed by atoms with Gasteiger partial charge in [0.1, 0.15) is 17.2 Å². The predicted molar refractivity (Wildman–Crippen MR) is 123 cm³/mol. The highest BCUT2D eigenvalue weighted by Crippen LogP contribution is 2.45. The highest BCUT2D eigenvalue weighted by Gasteiger charge is 2.24. The van der Waals surface area contributed by atoms with Crippen LogP contribution in [0.4, 0.5) is 0 Å². The van der Waals surface area contributed by atoms with Crippen LogP contribution in [-0.4, -0.2) is 17.3 Å². The summed E-state index contributed by atoms with van der Waals surface area (Å²) in [6.07, 6.45) is 7.17. The smallest absolute Gasteiger partial charge is 0.127 e. The molecule has 2 aromatic rings. The van der Waals surface area contributed by atoms with E-state index in [1.54, 1.807) is 19.2 Å². The van der Waals surface area contributed by atoms with Crippen LogP contribution in [0.2, 0.25) is 0 Å². The zero-order valence-corrected chi connectivity index (χ0v) is 18.6. The molecule has 2 aromatic carbocycles. The molecular formula is C26H36O3. The van der Waals surface area contributed by atoms with Crippen molar-refractivity contribution in [3.8, 4) is 28.4 Å². The summed E-state index contributed by atoms with van der Waals surface area (Å²) in [6.45, 7) is 12.5. The van der Waals surface area contributed by atoms with Gasteiger partial charge in [0.25, 0.3) is 0 Å². The Morgan fingerprint density at radius 2 is 1.62 bits per heavy atom. The third-order valence-electron chi connectivity index (χ3n) is 5.74. The normalized spacial score (nSPS) is 11.5. The molecule has 0 saturated heterocycles. The van der Waals surface area contributed by atoms with Gasteiger partial charge in [-0.1, -0.05) is 71.1 Å². The number of phenols is 2. The van der Waals surface area contributed by atoms with E-state index in [0.717, 1.165) is 35.1 Å². The lowest BCUT2D eigenvalue weighted by molar-refractivity contribution is 0.414. The molecule has 0 aromatic heterocycles. The second-order valence-corrected chi connectivity index (χ2v) is 8.63. The SMILES string of the molecule is C=C(C)c1ccc(OC)cc1-c1c(O)cc(C(C)(C)CCCCCCC)cc1O. The summed E-state index contributed by atoms with van der Waals surface area (Å²) < 4.78 is 5.35. The standard InChI is InChI=1S/C26H36O3/c1-7-8-9-10-11-14-26(4,5)19-15-23(27)25(24(28)16-19)22-17-20(29-6)12-13-21(22)18(2)3/h12-13,15-17,27-28H,2,7-11,14H2,1,3-6H3. The van der Waals surface area contributed by atoms with Gasteiger partial charge in [0.15, 0.2) is 0 Å². The molecule has 0 aliphatic carbocycles. The van der Waals surface area contributed by atoms with Gasteiger partial charge in [-0.05, 0) is 54.2 Å². The number of hydrogen-bond acceptors (Lipinski definition) is 3. The van der Waals surface area contributed by atoms with Crippen LogP contribution in [0.15, 0.2) is 36.9 Å². The van der Waals surface area contributed by atoms with Gasteiger partial charge < -0.3 is 14.9 Å². The first-order chi connectivity index (χ1) is 13.7. The van der Waals surface area contributed by atoms with Crippen molar-refractivity contribution in [1.82, 2.24) is 0 Å². The molecule has 3 nitrogen and oxygen atoms in total. The molecule has 158 valence electrons. The number of unbranched alkanes of at least 4 members (excludes halogenated alkanes) is 4. The molecule has 0 aliphatic rings. The number of benzene rings is 2.